The highest BCUT2D eigenvalue weighted by molar-refractivity contribution is 9.10. The highest BCUT2D eigenvalue weighted by Crippen LogP contribution is 2.23. The summed E-state index contributed by atoms with van der Waals surface area (Å²) in [6, 6.07) is 7.17. The number of benzene rings is 2. The fourth-order valence-corrected chi connectivity index (χ4v) is 2.50. The Hall–Kier alpha value is -1.55. The molecule has 1 nitrogen and oxygen atoms in total. The zero-order valence-electron chi connectivity index (χ0n) is 11.1. The van der Waals surface area contributed by atoms with Crippen molar-refractivity contribution in [2.75, 3.05) is 0 Å². The summed E-state index contributed by atoms with van der Waals surface area (Å²) >= 11 is 3.39. The van der Waals surface area contributed by atoms with E-state index in [1.165, 1.54) is 6.07 Å². The number of rotatable bonds is 3. The summed E-state index contributed by atoms with van der Waals surface area (Å²) < 4.78 is 28.0. The van der Waals surface area contributed by atoms with Gasteiger partial charge in [0.05, 0.1) is 0 Å². The van der Waals surface area contributed by atoms with Crippen molar-refractivity contribution in [3.05, 3.63) is 68.7 Å². The minimum atomic E-state index is -0.690. The van der Waals surface area contributed by atoms with Gasteiger partial charge in [0.2, 0.25) is 0 Å². The van der Waals surface area contributed by atoms with E-state index in [0.717, 1.165) is 27.7 Å². The normalized spacial score (nSPS) is 10.7. The van der Waals surface area contributed by atoms with E-state index in [1.807, 2.05) is 13.0 Å². The lowest BCUT2D eigenvalue weighted by Gasteiger charge is -2.09. The molecule has 0 saturated carbocycles. The predicted molar refractivity (Wildman–Crippen MR) is 78.0 cm³/mol. The zero-order chi connectivity index (χ0) is 14.9. The zero-order valence-corrected chi connectivity index (χ0v) is 12.7. The van der Waals surface area contributed by atoms with Crippen molar-refractivity contribution >= 4 is 21.7 Å². The SMILES string of the molecule is Cc1cc(C(=O)Cc2c(F)cccc2F)c(C)cc1Br. The van der Waals surface area contributed by atoms with Crippen molar-refractivity contribution < 1.29 is 13.6 Å². The maximum absolute atomic E-state index is 13.6. The first-order chi connectivity index (χ1) is 9.40. The van der Waals surface area contributed by atoms with Crippen molar-refractivity contribution in [2.45, 2.75) is 20.3 Å². The molecule has 0 radical (unpaired) electrons. The maximum Gasteiger partial charge on any atom is 0.167 e. The molecule has 0 bridgehead atoms. The Kier molecular flexibility index (Phi) is 4.33. The molecule has 0 aliphatic rings. The molecule has 0 amide bonds. The van der Waals surface area contributed by atoms with Crippen LogP contribution in [0.1, 0.15) is 27.0 Å². The van der Waals surface area contributed by atoms with E-state index in [2.05, 4.69) is 15.9 Å². The van der Waals surface area contributed by atoms with E-state index in [-0.39, 0.29) is 17.8 Å². The van der Waals surface area contributed by atoms with E-state index in [4.69, 9.17) is 0 Å². The van der Waals surface area contributed by atoms with Gasteiger partial charge in [0.25, 0.3) is 0 Å². The Labute approximate surface area is 124 Å². The van der Waals surface area contributed by atoms with Crippen LogP contribution in [0, 0.1) is 25.5 Å². The fraction of sp³-hybridized carbons (Fsp3) is 0.188. The van der Waals surface area contributed by atoms with Crippen molar-refractivity contribution in [3.8, 4) is 0 Å². The van der Waals surface area contributed by atoms with Crippen molar-refractivity contribution in [1.82, 2.24) is 0 Å². The molecule has 0 fully saturated rings. The van der Waals surface area contributed by atoms with Gasteiger partial charge >= 0.3 is 0 Å². The highest BCUT2D eigenvalue weighted by atomic mass is 79.9. The Balaban J connectivity index is 2.36. The molecule has 2 rings (SSSR count). The van der Waals surface area contributed by atoms with Crippen molar-refractivity contribution in [1.29, 1.82) is 0 Å². The first kappa shape index (κ1) is 14.9. The molecule has 20 heavy (non-hydrogen) atoms. The van der Waals surface area contributed by atoms with Gasteiger partial charge in [-0.25, -0.2) is 8.78 Å². The number of halogens is 3. The van der Waals surface area contributed by atoms with Gasteiger partial charge in [-0.3, -0.25) is 4.79 Å². The van der Waals surface area contributed by atoms with Crippen LogP contribution in [-0.4, -0.2) is 5.78 Å². The van der Waals surface area contributed by atoms with E-state index in [9.17, 15) is 13.6 Å². The van der Waals surface area contributed by atoms with Crippen LogP contribution in [-0.2, 0) is 6.42 Å². The molecule has 0 unspecified atom stereocenters. The molecule has 2 aromatic carbocycles. The topological polar surface area (TPSA) is 17.1 Å². The monoisotopic (exact) mass is 338 g/mol. The summed E-state index contributed by atoms with van der Waals surface area (Å²) in [5.41, 5.74) is 2.00. The molecule has 0 saturated heterocycles. The number of hydrogen-bond donors (Lipinski definition) is 0. The lowest BCUT2D eigenvalue weighted by molar-refractivity contribution is 0.0990. The minimum Gasteiger partial charge on any atom is -0.294 e. The van der Waals surface area contributed by atoms with E-state index in [0.29, 0.717) is 5.56 Å². The molecule has 0 aliphatic heterocycles. The van der Waals surface area contributed by atoms with Gasteiger partial charge in [-0.05, 0) is 49.2 Å². The summed E-state index contributed by atoms with van der Waals surface area (Å²) in [5, 5.41) is 0. The molecule has 2 aromatic rings. The smallest absolute Gasteiger partial charge is 0.167 e. The molecule has 0 heterocycles. The number of carbonyl (C=O) groups is 1. The van der Waals surface area contributed by atoms with Gasteiger partial charge in [0, 0.05) is 22.0 Å². The Bertz CT molecular complexity index is 660. The van der Waals surface area contributed by atoms with Crippen LogP contribution >= 0.6 is 15.9 Å². The largest absolute Gasteiger partial charge is 0.294 e. The van der Waals surface area contributed by atoms with Crippen molar-refractivity contribution in [2.24, 2.45) is 0 Å². The fourth-order valence-electron chi connectivity index (χ4n) is 2.04. The molecular formula is C16H13BrF2O. The van der Waals surface area contributed by atoms with Gasteiger partial charge in [0.1, 0.15) is 11.6 Å². The summed E-state index contributed by atoms with van der Waals surface area (Å²) in [6.07, 6.45) is -0.277. The molecule has 104 valence electrons. The second-order valence-corrected chi connectivity index (χ2v) is 5.57. The average Bonchev–Trinajstić information content (AvgIpc) is 2.38. The third-order valence-electron chi connectivity index (χ3n) is 3.21. The van der Waals surface area contributed by atoms with Crippen molar-refractivity contribution in [3.63, 3.8) is 0 Å². The molecule has 0 aliphatic carbocycles. The number of carbonyl (C=O) groups excluding carboxylic acids is 1. The highest BCUT2D eigenvalue weighted by Gasteiger charge is 2.16. The quantitative estimate of drug-likeness (QED) is 0.736. The number of aryl methyl sites for hydroxylation is 2. The van der Waals surface area contributed by atoms with E-state index >= 15 is 0 Å². The molecule has 4 heteroatoms. The van der Waals surface area contributed by atoms with E-state index < -0.39 is 11.6 Å². The Morgan fingerprint density at radius 3 is 2.30 bits per heavy atom. The third-order valence-corrected chi connectivity index (χ3v) is 4.06. The van der Waals surface area contributed by atoms with Crippen LogP contribution in [0.5, 0.6) is 0 Å². The molecule has 0 atom stereocenters. The first-order valence-electron chi connectivity index (χ1n) is 6.13. The van der Waals surface area contributed by atoms with Crippen LogP contribution in [0.4, 0.5) is 8.78 Å². The third kappa shape index (κ3) is 2.96. The van der Waals surface area contributed by atoms with Crippen LogP contribution in [0.25, 0.3) is 0 Å². The average molecular weight is 339 g/mol. The maximum atomic E-state index is 13.6. The second-order valence-electron chi connectivity index (χ2n) is 4.72. The van der Waals surface area contributed by atoms with Crippen LogP contribution < -0.4 is 0 Å². The predicted octanol–water partition coefficient (Wildman–Crippen LogP) is 4.77. The lowest BCUT2D eigenvalue weighted by Crippen LogP contribution is -2.09. The first-order valence-corrected chi connectivity index (χ1v) is 6.92. The lowest BCUT2D eigenvalue weighted by atomic mass is 9.97. The molecule has 0 aromatic heterocycles. The van der Waals surface area contributed by atoms with Gasteiger partial charge in [-0.15, -0.1) is 0 Å². The minimum absolute atomic E-state index is 0.183. The number of Topliss-reactive ketones (excluding diaryl/α,β-unsaturated/α-hetero) is 1. The Morgan fingerprint density at radius 1 is 1.10 bits per heavy atom. The molecule has 0 N–H and O–H groups in total. The van der Waals surface area contributed by atoms with Crippen LogP contribution in [0.2, 0.25) is 0 Å². The van der Waals surface area contributed by atoms with Crippen LogP contribution in [0.3, 0.4) is 0 Å². The summed E-state index contributed by atoms with van der Waals surface area (Å²) in [7, 11) is 0. The van der Waals surface area contributed by atoms with Gasteiger partial charge in [-0.1, -0.05) is 22.0 Å². The van der Waals surface area contributed by atoms with Gasteiger partial charge < -0.3 is 0 Å². The van der Waals surface area contributed by atoms with E-state index in [1.54, 1.807) is 13.0 Å². The second kappa shape index (κ2) is 5.83. The number of ketones is 1. The number of hydrogen-bond acceptors (Lipinski definition) is 1. The Morgan fingerprint density at radius 2 is 1.70 bits per heavy atom. The summed E-state index contributed by atoms with van der Waals surface area (Å²) in [5.74, 6) is -1.67. The van der Waals surface area contributed by atoms with Crippen LogP contribution in [0.15, 0.2) is 34.8 Å². The van der Waals surface area contributed by atoms with Gasteiger partial charge in [0.15, 0.2) is 5.78 Å². The van der Waals surface area contributed by atoms with Gasteiger partial charge in [-0.2, -0.15) is 0 Å². The standard InChI is InChI=1S/C16H13BrF2O/c1-9-7-13(17)10(2)6-11(9)16(20)8-12-14(18)4-3-5-15(12)19/h3-7H,8H2,1-2H3. The molecular weight excluding hydrogens is 326 g/mol. The summed E-state index contributed by atoms with van der Waals surface area (Å²) in [4.78, 5) is 12.3. The summed E-state index contributed by atoms with van der Waals surface area (Å²) in [6.45, 7) is 3.67. The molecule has 0 spiro atoms.